The Balaban J connectivity index is 1.82. The number of hydrogen-bond donors (Lipinski definition) is 1. The first-order chi connectivity index (χ1) is 7.28. The van der Waals surface area contributed by atoms with Gasteiger partial charge in [-0.2, -0.15) is 0 Å². The molecule has 0 aliphatic carbocycles. The quantitative estimate of drug-likeness (QED) is 0.882. The highest BCUT2D eigenvalue weighted by Gasteiger charge is 2.21. The van der Waals surface area contributed by atoms with Gasteiger partial charge in [-0.1, -0.05) is 11.6 Å². The molecule has 0 saturated carbocycles. The Morgan fingerprint density at radius 3 is 3.07 bits per heavy atom. The highest BCUT2D eigenvalue weighted by Crippen LogP contribution is 2.26. The van der Waals surface area contributed by atoms with E-state index in [1.165, 1.54) is 11.3 Å². The summed E-state index contributed by atoms with van der Waals surface area (Å²) in [4.78, 5) is 3.78. The lowest BCUT2D eigenvalue weighted by atomic mass is 10.1. The highest BCUT2D eigenvalue weighted by molar-refractivity contribution is 7.16. The molecule has 15 heavy (non-hydrogen) atoms. The zero-order chi connectivity index (χ0) is 10.7. The first kappa shape index (κ1) is 11.4. The van der Waals surface area contributed by atoms with Crippen LogP contribution in [0.2, 0.25) is 4.34 Å². The van der Waals surface area contributed by atoms with E-state index in [1.54, 1.807) is 11.3 Å². The lowest BCUT2D eigenvalue weighted by Crippen LogP contribution is -2.19. The topological polar surface area (TPSA) is 23.5 Å². The minimum atomic E-state index is 0.323. The minimum absolute atomic E-state index is 0.323. The van der Waals surface area contributed by atoms with Crippen LogP contribution in [0.4, 0.5) is 0 Å². The number of thiophene rings is 1. The number of rotatable bonds is 4. The Hall–Kier alpha value is -0.0900. The van der Waals surface area contributed by atoms with Gasteiger partial charge in [-0.25, -0.2) is 0 Å². The van der Waals surface area contributed by atoms with Crippen molar-refractivity contribution in [1.29, 1.82) is 0 Å². The molecule has 0 amide bonds. The minimum Gasteiger partial charge on any atom is -0.396 e. The van der Waals surface area contributed by atoms with Gasteiger partial charge >= 0.3 is 0 Å². The van der Waals surface area contributed by atoms with Crippen molar-refractivity contribution < 1.29 is 5.11 Å². The number of aliphatic hydroxyl groups is 1. The van der Waals surface area contributed by atoms with Crippen molar-refractivity contribution in [1.82, 2.24) is 4.90 Å². The summed E-state index contributed by atoms with van der Waals surface area (Å²) in [5, 5.41) is 8.87. The summed E-state index contributed by atoms with van der Waals surface area (Å²) in [6.07, 6.45) is 2.17. The first-order valence-corrected chi connectivity index (χ1v) is 6.55. The fourth-order valence-electron chi connectivity index (χ4n) is 2.13. The predicted octanol–water partition coefficient (Wildman–Crippen LogP) is 2.61. The van der Waals surface area contributed by atoms with E-state index in [4.69, 9.17) is 16.7 Å². The van der Waals surface area contributed by atoms with Gasteiger partial charge in [0.15, 0.2) is 0 Å². The van der Waals surface area contributed by atoms with Crippen LogP contribution >= 0.6 is 22.9 Å². The molecular weight excluding hydrogens is 230 g/mol. The van der Waals surface area contributed by atoms with Crippen LogP contribution in [0.25, 0.3) is 0 Å². The van der Waals surface area contributed by atoms with Crippen molar-refractivity contribution in [2.45, 2.75) is 19.4 Å². The number of likely N-dealkylation sites (tertiary alicyclic amines) is 1. The van der Waals surface area contributed by atoms with E-state index in [0.29, 0.717) is 12.5 Å². The van der Waals surface area contributed by atoms with Gasteiger partial charge in [0.1, 0.15) is 0 Å². The molecule has 2 rings (SSSR count). The summed E-state index contributed by atoms with van der Waals surface area (Å²) < 4.78 is 0.871. The molecule has 1 aromatic heterocycles. The van der Waals surface area contributed by atoms with Crippen LogP contribution in [0, 0.1) is 5.92 Å². The summed E-state index contributed by atoms with van der Waals surface area (Å²) in [6.45, 7) is 3.61. The molecule has 0 bridgehead atoms. The second-order valence-corrected chi connectivity index (χ2v) is 5.91. The molecule has 2 heterocycles. The van der Waals surface area contributed by atoms with Gasteiger partial charge in [0.2, 0.25) is 0 Å². The average molecular weight is 246 g/mol. The van der Waals surface area contributed by atoms with Crippen molar-refractivity contribution in [3.63, 3.8) is 0 Å². The maximum atomic E-state index is 8.87. The molecule has 4 heteroatoms. The number of hydrogen-bond acceptors (Lipinski definition) is 3. The fourth-order valence-corrected chi connectivity index (χ4v) is 3.26. The third-order valence-corrected chi connectivity index (χ3v) is 4.13. The molecule has 0 radical (unpaired) electrons. The maximum Gasteiger partial charge on any atom is 0.0931 e. The third kappa shape index (κ3) is 3.18. The Labute approximate surface area is 99.5 Å². The normalized spacial score (nSPS) is 22.4. The van der Waals surface area contributed by atoms with E-state index < -0.39 is 0 Å². The zero-order valence-corrected chi connectivity index (χ0v) is 10.2. The Bertz CT molecular complexity index is 315. The SMILES string of the molecule is OCCC1CCN(Cc2ccc(Cl)s2)C1. The van der Waals surface area contributed by atoms with Crippen molar-refractivity contribution in [3.05, 3.63) is 21.3 Å². The molecule has 1 unspecified atom stereocenters. The van der Waals surface area contributed by atoms with E-state index in [2.05, 4.69) is 11.0 Å². The maximum absolute atomic E-state index is 8.87. The molecule has 1 fully saturated rings. The van der Waals surface area contributed by atoms with Crippen LogP contribution < -0.4 is 0 Å². The molecule has 1 atom stereocenters. The predicted molar refractivity (Wildman–Crippen MR) is 64.4 cm³/mol. The molecule has 1 aromatic rings. The molecular formula is C11H16ClNOS. The molecule has 1 saturated heterocycles. The number of halogens is 1. The van der Waals surface area contributed by atoms with Gasteiger partial charge in [-0.3, -0.25) is 4.90 Å². The van der Waals surface area contributed by atoms with Gasteiger partial charge < -0.3 is 5.11 Å². The van der Waals surface area contributed by atoms with Gasteiger partial charge in [-0.05, 0) is 37.4 Å². The summed E-state index contributed by atoms with van der Waals surface area (Å²) in [6, 6.07) is 4.06. The van der Waals surface area contributed by atoms with Gasteiger partial charge in [0.25, 0.3) is 0 Å². The second-order valence-electron chi connectivity index (χ2n) is 4.11. The Morgan fingerprint density at radius 2 is 2.40 bits per heavy atom. The van der Waals surface area contributed by atoms with E-state index in [-0.39, 0.29) is 0 Å². The summed E-state index contributed by atoms with van der Waals surface area (Å²) >= 11 is 7.55. The molecule has 2 nitrogen and oxygen atoms in total. The van der Waals surface area contributed by atoms with Gasteiger partial charge in [0.05, 0.1) is 4.34 Å². The molecule has 1 aliphatic heterocycles. The smallest absolute Gasteiger partial charge is 0.0931 e. The van der Waals surface area contributed by atoms with Crippen LogP contribution in [0.15, 0.2) is 12.1 Å². The second kappa shape index (κ2) is 5.30. The fraction of sp³-hybridized carbons (Fsp3) is 0.636. The molecule has 0 aromatic carbocycles. The summed E-state index contributed by atoms with van der Waals surface area (Å²) in [7, 11) is 0. The van der Waals surface area contributed by atoms with Crippen molar-refractivity contribution in [3.8, 4) is 0 Å². The van der Waals surface area contributed by atoms with Gasteiger partial charge in [-0.15, -0.1) is 11.3 Å². The van der Waals surface area contributed by atoms with Crippen LogP contribution in [0.1, 0.15) is 17.7 Å². The number of nitrogens with zero attached hydrogens (tertiary/aromatic N) is 1. The van der Waals surface area contributed by atoms with E-state index in [1.807, 2.05) is 6.07 Å². The molecule has 1 N–H and O–H groups in total. The van der Waals surface area contributed by atoms with Crippen LogP contribution in [-0.2, 0) is 6.54 Å². The highest BCUT2D eigenvalue weighted by atomic mass is 35.5. The third-order valence-electron chi connectivity index (χ3n) is 2.92. The summed E-state index contributed by atoms with van der Waals surface area (Å²) in [5.41, 5.74) is 0. The lowest BCUT2D eigenvalue weighted by molar-refractivity contribution is 0.250. The van der Waals surface area contributed by atoms with Crippen molar-refractivity contribution in [2.75, 3.05) is 19.7 Å². The Morgan fingerprint density at radius 1 is 1.53 bits per heavy atom. The summed E-state index contributed by atoms with van der Waals surface area (Å²) in [5.74, 6) is 0.686. The molecule has 1 aliphatic rings. The number of aliphatic hydroxyl groups excluding tert-OH is 1. The zero-order valence-electron chi connectivity index (χ0n) is 8.66. The van der Waals surface area contributed by atoms with E-state index >= 15 is 0 Å². The first-order valence-electron chi connectivity index (χ1n) is 5.35. The molecule has 84 valence electrons. The van der Waals surface area contributed by atoms with Crippen molar-refractivity contribution >= 4 is 22.9 Å². The van der Waals surface area contributed by atoms with Crippen LogP contribution in [0.5, 0.6) is 0 Å². The standard InChI is InChI=1S/C11H16ClNOS/c12-11-2-1-10(15-11)8-13-5-3-9(7-13)4-6-14/h1-2,9,14H,3-8H2. The van der Waals surface area contributed by atoms with E-state index in [0.717, 1.165) is 30.4 Å². The lowest BCUT2D eigenvalue weighted by Gasteiger charge is -2.14. The largest absolute Gasteiger partial charge is 0.396 e. The monoisotopic (exact) mass is 245 g/mol. The Kier molecular flexibility index (Phi) is 4.03. The van der Waals surface area contributed by atoms with Crippen LogP contribution in [-0.4, -0.2) is 29.7 Å². The van der Waals surface area contributed by atoms with Crippen molar-refractivity contribution in [2.24, 2.45) is 5.92 Å². The average Bonchev–Trinajstić information content (AvgIpc) is 2.78. The molecule has 0 spiro atoms. The van der Waals surface area contributed by atoms with E-state index in [9.17, 15) is 0 Å². The van der Waals surface area contributed by atoms with Crippen LogP contribution in [0.3, 0.4) is 0 Å². The van der Waals surface area contributed by atoms with Gasteiger partial charge in [0, 0.05) is 24.6 Å².